The summed E-state index contributed by atoms with van der Waals surface area (Å²) in [4.78, 5) is 7.93. The predicted octanol–water partition coefficient (Wildman–Crippen LogP) is 3.73. The van der Waals surface area contributed by atoms with Crippen molar-refractivity contribution in [2.24, 2.45) is 0 Å². The number of nitrogens with one attached hydrogen (secondary N) is 2. The molecule has 0 unspecified atom stereocenters. The van der Waals surface area contributed by atoms with Crippen LogP contribution in [-0.2, 0) is 13.1 Å². The molecule has 1 heterocycles. The smallest absolute Gasteiger partial charge is 0.121 e. The van der Waals surface area contributed by atoms with Crippen LogP contribution in [0, 0.1) is 0 Å². The van der Waals surface area contributed by atoms with E-state index in [0.29, 0.717) is 0 Å². The lowest BCUT2D eigenvalue weighted by atomic mass is 10.1. The number of aromatic amines is 1. The zero-order valence-electron chi connectivity index (χ0n) is 12.0. The second-order valence-corrected chi connectivity index (χ2v) is 5.82. The van der Waals surface area contributed by atoms with Gasteiger partial charge in [-0.05, 0) is 42.0 Å². The maximum absolute atomic E-state index is 4.58. The Labute approximate surface area is 124 Å². The topological polar surface area (TPSA) is 40.7 Å². The highest BCUT2D eigenvalue weighted by Crippen LogP contribution is 2.40. The summed E-state index contributed by atoms with van der Waals surface area (Å²) in [5.74, 6) is 1.81. The fraction of sp³-hybridized carbons (Fsp3) is 0.278. The van der Waals surface area contributed by atoms with Crippen molar-refractivity contribution in [2.75, 3.05) is 0 Å². The van der Waals surface area contributed by atoms with Crippen molar-refractivity contribution < 1.29 is 0 Å². The highest BCUT2D eigenvalue weighted by Gasteiger charge is 2.23. The van der Waals surface area contributed by atoms with Gasteiger partial charge < -0.3 is 10.3 Å². The van der Waals surface area contributed by atoms with E-state index in [-0.39, 0.29) is 0 Å². The Bertz CT molecular complexity index is 723. The van der Waals surface area contributed by atoms with Gasteiger partial charge in [-0.25, -0.2) is 4.98 Å². The minimum Gasteiger partial charge on any atom is -0.341 e. The van der Waals surface area contributed by atoms with Crippen LogP contribution in [0.1, 0.15) is 35.7 Å². The normalized spacial score (nSPS) is 14.7. The molecule has 3 heteroatoms. The quantitative estimate of drug-likeness (QED) is 0.746. The Kier molecular flexibility index (Phi) is 3.20. The van der Waals surface area contributed by atoms with E-state index in [1.54, 1.807) is 0 Å². The maximum atomic E-state index is 4.58. The van der Waals surface area contributed by atoms with Crippen LogP contribution in [0.4, 0.5) is 0 Å². The molecule has 1 aliphatic rings. The van der Waals surface area contributed by atoms with E-state index in [1.807, 2.05) is 18.2 Å². The van der Waals surface area contributed by atoms with E-state index in [1.165, 1.54) is 24.0 Å². The van der Waals surface area contributed by atoms with Crippen LogP contribution >= 0.6 is 0 Å². The van der Waals surface area contributed by atoms with Crippen LogP contribution in [0.5, 0.6) is 0 Å². The second kappa shape index (κ2) is 5.34. The van der Waals surface area contributed by atoms with Crippen LogP contribution in [0.2, 0.25) is 0 Å². The molecular weight excluding hydrogens is 258 g/mol. The van der Waals surface area contributed by atoms with Gasteiger partial charge in [0.25, 0.3) is 0 Å². The second-order valence-electron chi connectivity index (χ2n) is 5.82. The van der Waals surface area contributed by atoms with Gasteiger partial charge in [0.1, 0.15) is 5.82 Å². The van der Waals surface area contributed by atoms with Crippen molar-refractivity contribution in [1.29, 1.82) is 0 Å². The Morgan fingerprint density at radius 3 is 2.81 bits per heavy atom. The van der Waals surface area contributed by atoms with Crippen LogP contribution < -0.4 is 5.32 Å². The van der Waals surface area contributed by atoms with E-state index in [4.69, 9.17) is 0 Å². The molecule has 4 rings (SSSR count). The fourth-order valence-electron chi connectivity index (χ4n) is 2.79. The Balaban J connectivity index is 1.39. The molecule has 21 heavy (non-hydrogen) atoms. The largest absolute Gasteiger partial charge is 0.341 e. The third-order valence-electron chi connectivity index (χ3n) is 4.06. The zero-order valence-corrected chi connectivity index (χ0v) is 12.0. The van der Waals surface area contributed by atoms with Gasteiger partial charge in [0.15, 0.2) is 0 Å². The molecule has 2 aromatic carbocycles. The number of fused-ring (bicyclic) bond motifs is 1. The molecular formula is C18H19N3. The van der Waals surface area contributed by atoms with Crippen molar-refractivity contribution in [2.45, 2.75) is 31.8 Å². The van der Waals surface area contributed by atoms with Gasteiger partial charge in [0, 0.05) is 6.54 Å². The highest BCUT2D eigenvalue weighted by atomic mass is 15.0. The Hall–Kier alpha value is -2.13. The zero-order chi connectivity index (χ0) is 14.1. The number of hydrogen-bond acceptors (Lipinski definition) is 2. The summed E-state index contributed by atoms with van der Waals surface area (Å²) < 4.78 is 0. The molecule has 0 saturated heterocycles. The summed E-state index contributed by atoms with van der Waals surface area (Å²) in [7, 11) is 0. The van der Waals surface area contributed by atoms with E-state index in [0.717, 1.165) is 35.9 Å². The lowest BCUT2D eigenvalue weighted by molar-refractivity contribution is 0.670. The number of nitrogens with zero attached hydrogens (tertiary/aromatic N) is 1. The lowest BCUT2D eigenvalue weighted by Gasteiger charge is -2.05. The number of para-hydroxylation sites is 2. The lowest BCUT2D eigenvalue weighted by Crippen LogP contribution is -2.13. The minimum absolute atomic E-state index is 0.766. The highest BCUT2D eigenvalue weighted by molar-refractivity contribution is 5.74. The molecule has 3 aromatic rings. The van der Waals surface area contributed by atoms with Crippen molar-refractivity contribution in [3.63, 3.8) is 0 Å². The summed E-state index contributed by atoms with van der Waals surface area (Å²) >= 11 is 0. The van der Waals surface area contributed by atoms with Crippen LogP contribution in [0.3, 0.4) is 0 Å². The molecule has 0 radical (unpaired) electrons. The molecule has 0 bridgehead atoms. The van der Waals surface area contributed by atoms with Gasteiger partial charge in [0.05, 0.1) is 17.6 Å². The average molecular weight is 277 g/mol. The summed E-state index contributed by atoms with van der Waals surface area (Å²) in [6, 6.07) is 17.1. The molecule has 2 N–H and O–H groups in total. The molecule has 0 amide bonds. The van der Waals surface area contributed by atoms with Gasteiger partial charge >= 0.3 is 0 Å². The molecule has 1 saturated carbocycles. The third-order valence-corrected chi connectivity index (χ3v) is 4.06. The van der Waals surface area contributed by atoms with Crippen LogP contribution in [-0.4, -0.2) is 9.97 Å². The number of aromatic nitrogens is 2. The summed E-state index contributed by atoms with van der Waals surface area (Å²) in [5, 5.41) is 3.47. The van der Waals surface area contributed by atoms with E-state index in [2.05, 4.69) is 45.6 Å². The monoisotopic (exact) mass is 277 g/mol. The Morgan fingerprint density at radius 2 is 1.95 bits per heavy atom. The van der Waals surface area contributed by atoms with Crippen LogP contribution in [0.25, 0.3) is 11.0 Å². The molecule has 0 spiro atoms. The van der Waals surface area contributed by atoms with Crippen molar-refractivity contribution in [3.8, 4) is 0 Å². The molecule has 1 fully saturated rings. The van der Waals surface area contributed by atoms with Crippen molar-refractivity contribution >= 4 is 11.0 Å². The van der Waals surface area contributed by atoms with Gasteiger partial charge in [-0.15, -0.1) is 0 Å². The number of rotatable bonds is 5. The molecule has 0 aliphatic heterocycles. The van der Waals surface area contributed by atoms with Crippen molar-refractivity contribution in [3.05, 3.63) is 65.5 Å². The molecule has 0 atom stereocenters. The summed E-state index contributed by atoms with van der Waals surface area (Å²) in [6.45, 7) is 1.65. The average Bonchev–Trinajstić information content (AvgIpc) is 3.28. The number of H-pyrrole nitrogens is 1. The first-order valence-electron chi connectivity index (χ1n) is 7.62. The molecule has 1 aromatic heterocycles. The first-order chi connectivity index (χ1) is 10.4. The summed E-state index contributed by atoms with van der Waals surface area (Å²) in [6.07, 6.45) is 2.71. The molecule has 106 valence electrons. The third kappa shape index (κ3) is 2.83. The first-order valence-corrected chi connectivity index (χ1v) is 7.62. The van der Waals surface area contributed by atoms with Crippen LogP contribution in [0.15, 0.2) is 48.5 Å². The maximum Gasteiger partial charge on any atom is 0.121 e. The predicted molar refractivity (Wildman–Crippen MR) is 85.1 cm³/mol. The summed E-state index contributed by atoms with van der Waals surface area (Å²) in [5.41, 5.74) is 4.99. The number of hydrogen-bond donors (Lipinski definition) is 2. The minimum atomic E-state index is 0.766. The van der Waals surface area contributed by atoms with E-state index in [9.17, 15) is 0 Å². The molecule has 1 aliphatic carbocycles. The van der Waals surface area contributed by atoms with Gasteiger partial charge in [-0.1, -0.05) is 36.4 Å². The van der Waals surface area contributed by atoms with E-state index >= 15 is 0 Å². The van der Waals surface area contributed by atoms with Gasteiger partial charge in [0.2, 0.25) is 0 Å². The first kappa shape index (κ1) is 12.6. The molecule has 3 nitrogen and oxygen atoms in total. The Morgan fingerprint density at radius 1 is 1.05 bits per heavy atom. The van der Waals surface area contributed by atoms with Gasteiger partial charge in [-0.2, -0.15) is 0 Å². The van der Waals surface area contributed by atoms with E-state index < -0.39 is 0 Å². The SMILES string of the molecule is c1cc(CNCc2nc3ccccc3[nH]2)cc(C2CC2)c1. The van der Waals surface area contributed by atoms with Crippen molar-refractivity contribution in [1.82, 2.24) is 15.3 Å². The standard InChI is InChI=1S/C18H19N3/c1-2-7-17-16(6-1)20-18(21-17)12-19-11-13-4-3-5-15(10-13)14-8-9-14/h1-7,10,14,19H,8-9,11-12H2,(H,20,21). The number of benzene rings is 2. The number of imidazole rings is 1. The van der Waals surface area contributed by atoms with Gasteiger partial charge in [-0.3, -0.25) is 0 Å². The fourth-order valence-corrected chi connectivity index (χ4v) is 2.79.